The molecule has 4 rings (SSSR count). The number of benzene rings is 3. The smallest absolute Gasteiger partial charge is 0.248 e. The van der Waals surface area contributed by atoms with Crippen LogP contribution >= 0.6 is 0 Å². The lowest BCUT2D eigenvalue weighted by Crippen LogP contribution is -2.50. The number of hydrogen-bond donors (Lipinski definition) is 1. The standard InChI is InChI=1S/C30H34FN5O4/c1-6-30(2,3)32-29(38)28(23-16-15-22(39-4)17-26(23)40-5)35(18-20-11-13-21(31)14-12-20)27(37)19-36-25-10-8-7-9-24(25)33-34-36/h7-17,28H,6,18-19H2,1-5H3,(H,32,38). The lowest BCUT2D eigenvalue weighted by molar-refractivity contribution is -0.143. The van der Waals surface area contributed by atoms with E-state index < -0.39 is 17.4 Å². The van der Waals surface area contributed by atoms with Gasteiger partial charge in [-0.1, -0.05) is 36.4 Å². The number of amides is 2. The number of nitrogens with zero attached hydrogens (tertiary/aromatic N) is 4. The van der Waals surface area contributed by atoms with Gasteiger partial charge in [-0.2, -0.15) is 0 Å². The number of carbonyl (C=O) groups is 2. The zero-order valence-corrected chi connectivity index (χ0v) is 23.3. The maximum atomic E-state index is 14.1. The zero-order chi connectivity index (χ0) is 28.9. The Bertz CT molecular complexity index is 1490. The molecule has 4 aromatic rings. The van der Waals surface area contributed by atoms with Crippen LogP contribution in [0, 0.1) is 5.82 Å². The molecule has 9 nitrogen and oxygen atoms in total. The van der Waals surface area contributed by atoms with Crippen molar-refractivity contribution in [2.45, 2.75) is 51.9 Å². The Morgan fingerprint density at radius 1 is 1.05 bits per heavy atom. The molecule has 1 unspecified atom stereocenters. The van der Waals surface area contributed by atoms with E-state index in [-0.39, 0.29) is 24.9 Å². The summed E-state index contributed by atoms with van der Waals surface area (Å²) in [5.41, 5.74) is 1.93. The first-order valence-electron chi connectivity index (χ1n) is 13.0. The molecule has 2 amide bonds. The molecular formula is C30H34FN5O4. The van der Waals surface area contributed by atoms with Crippen molar-refractivity contribution in [3.63, 3.8) is 0 Å². The Labute approximate surface area is 232 Å². The Morgan fingerprint density at radius 2 is 1.77 bits per heavy atom. The summed E-state index contributed by atoms with van der Waals surface area (Å²) in [5, 5.41) is 11.4. The van der Waals surface area contributed by atoms with Crippen LogP contribution in [0.1, 0.15) is 44.4 Å². The van der Waals surface area contributed by atoms with Gasteiger partial charge >= 0.3 is 0 Å². The average Bonchev–Trinajstić information content (AvgIpc) is 3.36. The van der Waals surface area contributed by atoms with Gasteiger partial charge in [-0.15, -0.1) is 5.10 Å². The van der Waals surface area contributed by atoms with Gasteiger partial charge in [0.05, 0.1) is 19.7 Å². The van der Waals surface area contributed by atoms with E-state index in [4.69, 9.17) is 9.47 Å². The number of halogens is 1. The van der Waals surface area contributed by atoms with Crippen molar-refractivity contribution in [2.75, 3.05) is 14.2 Å². The summed E-state index contributed by atoms with van der Waals surface area (Å²) in [7, 11) is 3.03. The number of ether oxygens (including phenoxy) is 2. The SMILES string of the molecule is CCC(C)(C)NC(=O)C(c1ccc(OC)cc1OC)N(Cc1ccc(F)cc1)C(=O)Cn1nnc2ccccc21. The molecule has 0 bridgehead atoms. The first kappa shape index (κ1) is 28.5. The van der Waals surface area contributed by atoms with Crippen molar-refractivity contribution in [1.29, 1.82) is 0 Å². The highest BCUT2D eigenvalue weighted by molar-refractivity contribution is 5.90. The van der Waals surface area contributed by atoms with E-state index in [1.165, 1.54) is 35.9 Å². The highest BCUT2D eigenvalue weighted by atomic mass is 19.1. The van der Waals surface area contributed by atoms with Crippen LogP contribution in [-0.4, -0.2) is 51.5 Å². The summed E-state index contributed by atoms with van der Waals surface area (Å²) in [6.07, 6.45) is 0.669. The first-order valence-corrected chi connectivity index (χ1v) is 13.0. The molecule has 40 heavy (non-hydrogen) atoms. The molecule has 1 heterocycles. The first-order chi connectivity index (χ1) is 19.2. The second kappa shape index (κ2) is 12.1. The fraction of sp³-hybridized carbons (Fsp3) is 0.333. The highest BCUT2D eigenvalue weighted by Gasteiger charge is 2.36. The molecule has 1 N–H and O–H groups in total. The van der Waals surface area contributed by atoms with Crippen molar-refractivity contribution >= 4 is 22.8 Å². The third kappa shape index (κ3) is 6.39. The molecule has 0 aliphatic carbocycles. The maximum absolute atomic E-state index is 14.1. The van der Waals surface area contributed by atoms with E-state index in [9.17, 15) is 14.0 Å². The van der Waals surface area contributed by atoms with E-state index in [1.807, 2.05) is 45.0 Å². The highest BCUT2D eigenvalue weighted by Crippen LogP contribution is 2.35. The predicted molar refractivity (Wildman–Crippen MR) is 149 cm³/mol. The molecule has 0 aliphatic rings. The van der Waals surface area contributed by atoms with Crippen molar-refractivity contribution < 1.29 is 23.5 Å². The minimum Gasteiger partial charge on any atom is -0.497 e. The van der Waals surface area contributed by atoms with Crippen LogP contribution in [0.15, 0.2) is 66.7 Å². The van der Waals surface area contributed by atoms with Crippen LogP contribution in [0.2, 0.25) is 0 Å². The van der Waals surface area contributed by atoms with Gasteiger partial charge in [0.2, 0.25) is 11.8 Å². The molecule has 0 saturated carbocycles. The average molecular weight is 548 g/mol. The van der Waals surface area contributed by atoms with Crippen molar-refractivity contribution in [3.8, 4) is 11.5 Å². The number of rotatable bonds is 11. The van der Waals surface area contributed by atoms with E-state index in [0.717, 1.165) is 0 Å². The van der Waals surface area contributed by atoms with Crippen molar-refractivity contribution in [1.82, 2.24) is 25.2 Å². The lowest BCUT2D eigenvalue weighted by atomic mass is 9.97. The van der Waals surface area contributed by atoms with E-state index in [0.29, 0.717) is 40.1 Å². The van der Waals surface area contributed by atoms with Crippen LogP contribution in [0.4, 0.5) is 4.39 Å². The number of carbonyl (C=O) groups excluding carboxylic acids is 2. The minimum absolute atomic E-state index is 0.0333. The van der Waals surface area contributed by atoms with E-state index in [2.05, 4.69) is 15.6 Å². The van der Waals surface area contributed by atoms with Gasteiger partial charge < -0.3 is 19.7 Å². The Morgan fingerprint density at radius 3 is 2.45 bits per heavy atom. The fourth-order valence-electron chi connectivity index (χ4n) is 4.35. The van der Waals surface area contributed by atoms with Gasteiger partial charge in [-0.3, -0.25) is 9.59 Å². The van der Waals surface area contributed by atoms with Crippen LogP contribution in [0.25, 0.3) is 11.0 Å². The number of methoxy groups -OCH3 is 2. The quantitative estimate of drug-likeness (QED) is 0.293. The third-order valence-electron chi connectivity index (χ3n) is 6.93. The number of fused-ring (bicyclic) bond motifs is 1. The molecule has 1 atom stereocenters. The molecule has 0 radical (unpaired) electrons. The molecule has 1 aromatic heterocycles. The Balaban J connectivity index is 1.83. The van der Waals surface area contributed by atoms with E-state index in [1.54, 1.807) is 30.3 Å². The van der Waals surface area contributed by atoms with Gasteiger partial charge in [0.1, 0.15) is 35.4 Å². The number of hydrogen-bond acceptors (Lipinski definition) is 6. The fourth-order valence-corrected chi connectivity index (χ4v) is 4.35. The second-order valence-electron chi connectivity index (χ2n) is 10.1. The van der Waals surface area contributed by atoms with Gasteiger partial charge in [0, 0.05) is 23.7 Å². The lowest BCUT2D eigenvalue weighted by Gasteiger charge is -2.35. The predicted octanol–water partition coefficient (Wildman–Crippen LogP) is 4.66. The molecule has 210 valence electrons. The van der Waals surface area contributed by atoms with Crippen LogP contribution in [-0.2, 0) is 22.7 Å². The summed E-state index contributed by atoms with van der Waals surface area (Å²) in [6, 6.07) is 17.2. The number of para-hydroxylation sites is 1. The van der Waals surface area contributed by atoms with Crippen LogP contribution in [0.3, 0.4) is 0 Å². The summed E-state index contributed by atoms with van der Waals surface area (Å²) in [5.74, 6) is -0.232. The molecule has 0 spiro atoms. The van der Waals surface area contributed by atoms with Crippen LogP contribution < -0.4 is 14.8 Å². The summed E-state index contributed by atoms with van der Waals surface area (Å²) in [6.45, 7) is 5.68. The van der Waals surface area contributed by atoms with Gasteiger partial charge in [-0.05, 0) is 62.2 Å². The van der Waals surface area contributed by atoms with Crippen molar-refractivity contribution in [2.24, 2.45) is 0 Å². The molecule has 0 aliphatic heterocycles. The van der Waals surface area contributed by atoms with E-state index >= 15 is 0 Å². The van der Waals surface area contributed by atoms with Gasteiger partial charge in [0.25, 0.3) is 0 Å². The Kier molecular flexibility index (Phi) is 8.67. The topological polar surface area (TPSA) is 98.6 Å². The monoisotopic (exact) mass is 547 g/mol. The molecule has 0 saturated heterocycles. The summed E-state index contributed by atoms with van der Waals surface area (Å²) >= 11 is 0. The zero-order valence-electron chi connectivity index (χ0n) is 23.3. The minimum atomic E-state index is -1.08. The number of nitrogens with one attached hydrogen (secondary N) is 1. The molecular weight excluding hydrogens is 513 g/mol. The largest absolute Gasteiger partial charge is 0.497 e. The van der Waals surface area contributed by atoms with Crippen molar-refractivity contribution in [3.05, 3.63) is 83.7 Å². The second-order valence-corrected chi connectivity index (χ2v) is 10.1. The van der Waals surface area contributed by atoms with Gasteiger partial charge in [-0.25, -0.2) is 9.07 Å². The normalized spacial score (nSPS) is 12.2. The summed E-state index contributed by atoms with van der Waals surface area (Å²) < 4.78 is 26.3. The maximum Gasteiger partial charge on any atom is 0.248 e. The summed E-state index contributed by atoms with van der Waals surface area (Å²) in [4.78, 5) is 29.6. The molecule has 10 heteroatoms. The number of aromatic nitrogens is 3. The molecule has 3 aromatic carbocycles. The third-order valence-corrected chi connectivity index (χ3v) is 6.93. The molecule has 0 fully saturated rings. The van der Waals surface area contributed by atoms with Crippen LogP contribution in [0.5, 0.6) is 11.5 Å². The Hall–Kier alpha value is -4.47. The van der Waals surface area contributed by atoms with Gasteiger partial charge in [0.15, 0.2) is 0 Å².